The van der Waals surface area contributed by atoms with E-state index in [0.717, 1.165) is 0 Å². The highest BCUT2D eigenvalue weighted by Gasteiger charge is 2.44. The van der Waals surface area contributed by atoms with E-state index in [1.807, 2.05) is 0 Å². The maximum atomic E-state index is 9.69. The Hall–Kier alpha value is -1.06. The van der Waals surface area contributed by atoms with E-state index in [1.54, 1.807) is 0 Å². The quantitative estimate of drug-likeness (QED) is 0.435. The molecule has 1 unspecified atom stereocenters. The van der Waals surface area contributed by atoms with Crippen molar-refractivity contribution in [3.05, 3.63) is 12.4 Å². The van der Waals surface area contributed by atoms with Gasteiger partial charge in [-0.05, 0) is 0 Å². The van der Waals surface area contributed by atoms with Crippen LogP contribution in [0.1, 0.15) is 6.23 Å². The minimum absolute atomic E-state index is 0.462. The van der Waals surface area contributed by atoms with Crippen LogP contribution in [0, 0.1) is 0 Å². The molecule has 0 radical (unpaired) electrons. The fourth-order valence-corrected chi connectivity index (χ4v) is 1.65. The van der Waals surface area contributed by atoms with E-state index in [4.69, 9.17) is 9.84 Å². The van der Waals surface area contributed by atoms with Crippen molar-refractivity contribution in [2.24, 2.45) is 0 Å². The van der Waals surface area contributed by atoms with Gasteiger partial charge < -0.3 is 25.2 Å². The predicted molar refractivity (Wildman–Crippen MR) is 49.0 cm³/mol. The molecule has 90 valence electrons. The van der Waals surface area contributed by atoms with Crippen LogP contribution in [0.5, 0.6) is 0 Å². The summed E-state index contributed by atoms with van der Waals surface area (Å²) >= 11 is 0. The fourth-order valence-electron chi connectivity index (χ4n) is 1.65. The second-order valence-electron chi connectivity index (χ2n) is 3.60. The number of hydrogen-bond donors (Lipinski definition) is 4. The van der Waals surface area contributed by atoms with Crippen molar-refractivity contribution in [3.63, 3.8) is 0 Å². The van der Waals surface area contributed by atoms with Gasteiger partial charge in [0.1, 0.15) is 24.4 Å². The molecule has 8 heteroatoms. The minimum atomic E-state index is -1.40. The summed E-state index contributed by atoms with van der Waals surface area (Å²) in [5.41, 5.74) is 0. The van der Waals surface area contributed by atoms with E-state index in [0.29, 0.717) is 0 Å². The van der Waals surface area contributed by atoms with Gasteiger partial charge in [-0.1, -0.05) is 5.21 Å². The summed E-state index contributed by atoms with van der Waals surface area (Å²) in [4.78, 5) is 0. The summed E-state index contributed by atoms with van der Waals surface area (Å²) in [5.74, 6) is 0. The average molecular weight is 231 g/mol. The summed E-state index contributed by atoms with van der Waals surface area (Å²) in [6.45, 7) is -0.462. The Morgan fingerprint density at radius 3 is 2.50 bits per heavy atom. The Labute approximate surface area is 90.7 Å². The minimum Gasteiger partial charge on any atom is -0.394 e. The normalized spacial score (nSPS) is 39.9. The zero-order valence-electron chi connectivity index (χ0n) is 8.29. The predicted octanol–water partition coefficient (Wildman–Crippen LogP) is -2.75. The molecule has 0 saturated carbocycles. The summed E-state index contributed by atoms with van der Waals surface area (Å²) < 4.78 is 6.44. The lowest BCUT2D eigenvalue weighted by Crippen LogP contribution is -2.56. The highest BCUT2D eigenvalue weighted by Crippen LogP contribution is 2.27. The van der Waals surface area contributed by atoms with Crippen LogP contribution in [0.4, 0.5) is 0 Å². The van der Waals surface area contributed by atoms with Gasteiger partial charge in [-0.2, -0.15) is 0 Å². The van der Waals surface area contributed by atoms with Crippen molar-refractivity contribution in [3.8, 4) is 0 Å². The zero-order valence-corrected chi connectivity index (χ0v) is 8.29. The summed E-state index contributed by atoms with van der Waals surface area (Å²) in [6.07, 6.45) is -3.17. The van der Waals surface area contributed by atoms with Crippen LogP contribution in [0.25, 0.3) is 0 Å². The van der Waals surface area contributed by atoms with Crippen molar-refractivity contribution in [1.82, 2.24) is 15.0 Å². The first-order valence-electron chi connectivity index (χ1n) is 4.81. The lowest BCUT2D eigenvalue weighted by Gasteiger charge is -2.39. The van der Waals surface area contributed by atoms with Gasteiger partial charge in [0.2, 0.25) is 0 Å². The number of rotatable bonds is 2. The van der Waals surface area contributed by atoms with Gasteiger partial charge in [-0.15, -0.1) is 5.10 Å². The lowest BCUT2D eigenvalue weighted by molar-refractivity contribution is -0.254. The van der Waals surface area contributed by atoms with Gasteiger partial charge in [0.25, 0.3) is 0 Å². The second-order valence-corrected chi connectivity index (χ2v) is 3.60. The highest BCUT2D eigenvalue weighted by molar-refractivity contribution is 4.90. The molecule has 8 nitrogen and oxygen atoms in total. The third-order valence-corrected chi connectivity index (χ3v) is 2.57. The first-order valence-corrected chi connectivity index (χ1v) is 4.81. The molecule has 1 aliphatic heterocycles. The smallest absolute Gasteiger partial charge is 0.180 e. The molecule has 0 amide bonds. The largest absolute Gasteiger partial charge is 0.394 e. The molecule has 1 fully saturated rings. The third kappa shape index (κ3) is 1.81. The standard InChI is InChI=1S/C8H13N3O5/c12-3-4-5(13)6(14)7(15)8(16-4)11-2-1-9-10-11/h1-2,4-8,12-15H,3H2/t4-,5-,6+,7+,8?/m1/s1. The van der Waals surface area contributed by atoms with Crippen LogP contribution >= 0.6 is 0 Å². The van der Waals surface area contributed by atoms with Crippen molar-refractivity contribution in [1.29, 1.82) is 0 Å². The Kier molecular flexibility index (Phi) is 3.17. The summed E-state index contributed by atoms with van der Waals surface area (Å²) in [6, 6.07) is 0. The number of nitrogens with zero attached hydrogens (tertiary/aromatic N) is 3. The van der Waals surface area contributed by atoms with Crippen LogP contribution in [0.3, 0.4) is 0 Å². The fraction of sp³-hybridized carbons (Fsp3) is 0.750. The molecule has 5 atom stereocenters. The molecule has 0 aliphatic carbocycles. The molecule has 1 aromatic heterocycles. The molecular weight excluding hydrogens is 218 g/mol. The monoisotopic (exact) mass is 231 g/mol. The van der Waals surface area contributed by atoms with Gasteiger partial charge in [-0.25, -0.2) is 4.68 Å². The maximum absolute atomic E-state index is 9.69. The molecule has 0 bridgehead atoms. The molecule has 0 spiro atoms. The van der Waals surface area contributed by atoms with E-state index >= 15 is 0 Å². The van der Waals surface area contributed by atoms with Crippen molar-refractivity contribution < 1.29 is 25.2 Å². The summed E-state index contributed by atoms with van der Waals surface area (Å²) in [7, 11) is 0. The number of aliphatic hydroxyl groups excluding tert-OH is 4. The SMILES string of the molecule is OC[C@H]1OC(n2ccnn2)[C@@H](O)[C@@H](O)[C@@H]1O. The molecule has 2 rings (SSSR count). The van der Waals surface area contributed by atoms with E-state index in [2.05, 4.69) is 10.3 Å². The molecular formula is C8H13N3O5. The van der Waals surface area contributed by atoms with Crippen LogP contribution in [-0.4, -0.2) is 66.4 Å². The molecule has 1 aromatic rings. The molecule has 1 saturated heterocycles. The Bertz CT molecular complexity index is 330. The number of aliphatic hydroxyl groups is 4. The third-order valence-electron chi connectivity index (χ3n) is 2.57. The number of hydrogen-bond acceptors (Lipinski definition) is 7. The molecule has 0 aromatic carbocycles. The molecule has 1 aliphatic rings. The molecule has 4 N–H and O–H groups in total. The Morgan fingerprint density at radius 1 is 1.19 bits per heavy atom. The van der Waals surface area contributed by atoms with Gasteiger partial charge in [0.15, 0.2) is 6.23 Å². The second kappa shape index (κ2) is 4.44. The van der Waals surface area contributed by atoms with Crippen molar-refractivity contribution in [2.45, 2.75) is 30.6 Å². The Morgan fingerprint density at radius 2 is 1.94 bits per heavy atom. The van der Waals surface area contributed by atoms with Crippen molar-refractivity contribution in [2.75, 3.05) is 6.61 Å². The average Bonchev–Trinajstić information content (AvgIpc) is 2.80. The molecule has 2 heterocycles. The first-order chi connectivity index (χ1) is 7.65. The zero-order chi connectivity index (χ0) is 11.7. The maximum Gasteiger partial charge on any atom is 0.180 e. The van der Waals surface area contributed by atoms with E-state index in [-0.39, 0.29) is 0 Å². The molecule has 16 heavy (non-hydrogen) atoms. The van der Waals surface area contributed by atoms with E-state index < -0.39 is 37.3 Å². The van der Waals surface area contributed by atoms with Crippen LogP contribution < -0.4 is 0 Å². The van der Waals surface area contributed by atoms with E-state index in [1.165, 1.54) is 17.1 Å². The Balaban J connectivity index is 2.20. The number of aromatic nitrogens is 3. The van der Waals surface area contributed by atoms with Gasteiger partial charge >= 0.3 is 0 Å². The topological polar surface area (TPSA) is 121 Å². The van der Waals surface area contributed by atoms with Crippen LogP contribution in [0.15, 0.2) is 12.4 Å². The highest BCUT2D eigenvalue weighted by atomic mass is 16.6. The van der Waals surface area contributed by atoms with Gasteiger partial charge in [-0.3, -0.25) is 0 Å². The van der Waals surface area contributed by atoms with Crippen LogP contribution in [0.2, 0.25) is 0 Å². The van der Waals surface area contributed by atoms with Gasteiger partial charge in [0.05, 0.1) is 12.8 Å². The summed E-state index contributed by atoms with van der Waals surface area (Å²) in [5, 5.41) is 44.9. The lowest BCUT2D eigenvalue weighted by atomic mass is 9.98. The first kappa shape index (κ1) is 11.4. The van der Waals surface area contributed by atoms with Crippen molar-refractivity contribution >= 4 is 0 Å². The van der Waals surface area contributed by atoms with Gasteiger partial charge in [0, 0.05) is 6.20 Å². The van der Waals surface area contributed by atoms with Crippen LogP contribution in [-0.2, 0) is 4.74 Å². The van der Waals surface area contributed by atoms with E-state index in [9.17, 15) is 15.3 Å². The number of ether oxygens (including phenoxy) is 1.